The van der Waals surface area contributed by atoms with Crippen molar-refractivity contribution in [3.8, 4) is 5.69 Å². The van der Waals surface area contributed by atoms with E-state index < -0.39 is 5.41 Å². The molecule has 1 aliphatic carbocycles. The first kappa shape index (κ1) is 23.9. The summed E-state index contributed by atoms with van der Waals surface area (Å²) < 4.78 is 8.77. The average Bonchev–Trinajstić information content (AvgIpc) is 3.07. The van der Waals surface area contributed by atoms with Crippen LogP contribution in [0.1, 0.15) is 63.0 Å². The van der Waals surface area contributed by atoms with Crippen molar-refractivity contribution in [1.29, 1.82) is 0 Å². The van der Waals surface area contributed by atoms with E-state index in [1.165, 1.54) is 30.4 Å². The summed E-state index contributed by atoms with van der Waals surface area (Å²) in [6.07, 6.45) is 9.83. The fourth-order valence-corrected chi connectivity index (χ4v) is 6.20. The fraction of sp³-hybridized carbons (Fsp3) is 0.444. The van der Waals surface area contributed by atoms with Crippen molar-refractivity contribution in [2.75, 3.05) is 13.2 Å². The maximum Gasteiger partial charge on any atom is 0.350 e. The second-order valence-corrected chi connectivity index (χ2v) is 10.7. The largest absolute Gasteiger partial charge is 0.381 e. The molecule has 184 valence electrons. The van der Waals surface area contributed by atoms with Crippen molar-refractivity contribution in [3.63, 3.8) is 0 Å². The molecular formula is C27H32N4O3S. The summed E-state index contributed by atoms with van der Waals surface area (Å²) in [7, 11) is 0. The van der Waals surface area contributed by atoms with E-state index >= 15 is 0 Å². The summed E-state index contributed by atoms with van der Waals surface area (Å²) in [5, 5.41) is 4.40. The van der Waals surface area contributed by atoms with Gasteiger partial charge in [-0.3, -0.25) is 9.36 Å². The van der Waals surface area contributed by atoms with Crippen LogP contribution < -0.4 is 11.4 Å². The Morgan fingerprint density at radius 2 is 1.71 bits per heavy atom. The predicted octanol–water partition coefficient (Wildman–Crippen LogP) is 4.61. The average molecular weight is 493 g/mol. The molecule has 1 saturated heterocycles. The first-order valence-corrected chi connectivity index (χ1v) is 13.3. The van der Waals surface area contributed by atoms with Crippen LogP contribution in [-0.4, -0.2) is 33.5 Å². The lowest BCUT2D eigenvalue weighted by atomic mass is 9.73. The van der Waals surface area contributed by atoms with Crippen molar-refractivity contribution >= 4 is 17.7 Å². The minimum atomic E-state index is -0.671. The van der Waals surface area contributed by atoms with Gasteiger partial charge in [-0.05, 0) is 67.6 Å². The molecule has 2 N–H and O–H groups in total. The summed E-state index contributed by atoms with van der Waals surface area (Å²) in [5.41, 5.74) is 6.81. The number of amides is 1. The summed E-state index contributed by atoms with van der Waals surface area (Å²) >= 11 is 1.62. The van der Waals surface area contributed by atoms with E-state index in [0.29, 0.717) is 26.1 Å². The van der Waals surface area contributed by atoms with E-state index in [0.717, 1.165) is 33.9 Å². The highest BCUT2D eigenvalue weighted by Gasteiger charge is 2.40. The van der Waals surface area contributed by atoms with Crippen LogP contribution in [-0.2, 0) is 14.9 Å². The molecule has 2 aliphatic rings. The van der Waals surface area contributed by atoms with Crippen molar-refractivity contribution in [2.24, 2.45) is 5.73 Å². The van der Waals surface area contributed by atoms with E-state index in [2.05, 4.69) is 11.2 Å². The predicted molar refractivity (Wildman–Crippen MR) is 136 cm³/mol. The highest BCUT2D eigenvalue weighted by atomic mass is 32.2. The molecule has 5 rings (SSSR count). The van der Waals surface area contributed by atoms with Gasteiger partial charge in [0.25, 0.3) is 0 Å². The van der Waals surface area contributed by atoms with Crippen LogP contribution in [0.4, 0.5) is 0 Å². The number of ether oxygens (including phenoxy) is 1. The smallest absolute Gasteiger partial charge is 0.350 e. The summed E-state index contributed by atoms with van der Waals surface area (Å²) in [4.78, 5) is 27.5. The SMILES string of the molecule is NC(=O)C1(c2cccc(Sc3ccc(-n4ncn(C5CCCCCC5)c4=O)cc3)c2)CCOCC1. The number of rotatable bonds is 6. The fourth-order valence-electron chi connectivity index (χ4n) is 5.32. The van der Waals surface area contributed by atoms with Crippen molar-refractivity contribution in [2.45, 2.75) is 72.6 Å². The topological polar surface area (TPSA) is 92.1 Å². The molecule has 2 heterocycles. The molecule has 0 radical (unpaired) electrons. The number of benzene rings is 2. The zero-order valence-electron chi connectivity index (χ0n) is 19.9. The Labute approximate surface area is 209 Å². The van der Waals surface area contributed by atoms with Crippen molar-refractivity contribution in [3.05, 3.63) is 70.9 Å². The van der Waals surface area contributed by atoms with Crippen LogP contribution >= 0.6 is 11.8 Å². The van der Waals surface area contributed by atoms with Crippen LogP contribution in [0.2, 0.25) is 0 Å². The summed E-state index contributed by atoms with van der Waals surface area (Å²) in [5.74, 6) is -0.291. The molecule has 7 nitrogen and oxygen atoms in total. The Bertz CT molecular complexity index is 1220. The van der Waals surface area contributed by atoms with Gasteiger partial charge < -0.3 is 10.5 Å². The Morgan fingerprint density at radius 3 is 2.40 bits per heavy atom. The molecule has 0 spiro atoms. The molecule has 0 unspecified atom stereocenters. The zero-order valence-corrected chi connectivity index (χ0v) is 20.7. The monoisotopic (exact) mass is 492 g/mol. The number of aromatic nitrogens is 3. The van der Waals surface area contributed by atoms with E-state index in [1.807, 2.05) is 47.0 Å². The van der Waals surface area contributed by atoms with E-state index in [-0.39, 0.29) is 17.6 Å². The van der Waals surface area contributed by atoms with Crippen LogP contribution in [0.3, 0.4) is 0 Å². The normalized spacial score (nSPS) is 18.7. The first-order valence-electron chi connectivity index (χ1n) is 12.5. The Kier molecular flexibility index (Phi) is 7.11. The Balaban J connectivity index is 1.33. The standard InChI is InChI=1S/C27H32N4O3S/c28-25(32)27(14-16-34-17-15-27)20-6-5-9-24(18-20)35-23-12-10-22(11-13-23)31-26(33)30(19-29-31)21-7-3-1-2-4-8-21/h5-6,9-13,18-19,21H,1-4,7-8,14-17H2,(H2,28,32). The van der Waals surface area contributed by atoms with Crippen LogP contribution in [0.15, 0.2) is 69.4 Å². The third-order valence-electron chi connectivity index (χ3n) is 7.43. The number of nitrogens with two attached hydrogens (primary N) is 1. The maximum atomic E-state index is 13.0. The summed E-state index contributed by atoms with van der Waals surface area (Å²) in [6.45, 7) is 1.08. The highest BCUT2D eigenvalue weighted by molar-refractivity contribution is 7.99. The quantitative estimate of drug-likeness (QED) is 0.507. The van der Waals surface area contributed by atoms with Crippen LogP contribution in [0, 0.1) is 0 Å². The molecule has 8 heteroatoms. The zero-order chi connectivity index (χ0) is 24.3. The number of carbonyl (C=O) groups excluding carboxylic acids is 1. The molecular weight excluding hydrogens is 460 g/mol. The number of nitrogens with zero attached hydrogens (tertiary/aromatic N) is 3. The highest BCUT2D eigenvalue weighted by Crippen LogP contribution is 2.37. The van der Waals surface area contributed by atoms with Crippen molar-refractivity contribution in [1.82, 2.24) is 14.3 Å². The van der Waals surface area contributed by atoms with Gasteiger partial charge in [-0.1, -0.05) is 49.6 Å². The van der Waals surface area contributed by atoms with Gasteiger partial charge in [0.1, 0.15) is 6.33 Å². The van der Waals surface area contributed by atoms with Gasteiger partial charge in [0.05, 0.1) is 11.1 Å². The van der Waals surface area contributed by atoms with Crippen LogP contribution in [0.25, 0.3) is 5.69 Å². The number of hydrogen-bond donors (Lipinski definition) is 1. The van der Waals surface area contributed by atoms with E-state index in [9.17, 15) is 9.59 Å². The van der Waals surface area contributed by atoms with E-state index in [1.54, 1.807) is 18.1 Å². The number of carbonyl (C=O) groups is 1. The molecule has 1 aromatic heterocycles. The van der Waals surface area contributed by atoms with Gasteiger partial charge in [0, 0.05) is 29.0 Å². The minimum Gasteiger partial charge on any atom is -0.381 e. The van der Waals surface area contributed by atoms with Gasteiger partial charge in [-0.2, -0.15) is 9.78 Å². The molecule has 0 atom stereocenters. The van der Waals surface area contributed by atoms with E-state index in [4.69, 9.17) is 10.5 Å². The van der Waals surface area contributed by atoms with Crippen molar-refractivity contribution < 1.29 is 9.53 Å². The Morgan fingerprint density at radius 1 is 1.00 bits per heavy atom. The number of hydrogen-bond acceptors (Lipinski definition) is 5. The molecule has 1 amide bonds. The second kappa shape index (κ2) is 10.4. The minimum absolute atomic E-state index is 0.0711. The third-order valence-corrected chi connectivity index (χ3v) is 8.43. The summed E-state index contributed by atoms with van der Waals surface area (Å²) in [6, 6.07) is 16.2. The third kappa shape index (κ3) is 4.95. The molecule has 1 saturated carbocycles. The van der Waals surface area contributed by atoms with Crippen LogP contribution in [0.5, 0.6) is 0 Å². The van der Waals surface area contributed by atoms with Gasteiger partial charge in [-0.25, -0.2) is 4.79 Å². The van der Waals surface area contributed by atoms with Gasteiger partial charge >= 0.3 is 5.69 Å². The lowest BCUT2D eigenvalue weighted by molar-refractivity contribution is -0.127. The Hall–Kier alpha value is -2.84. The van der Waals surface area contributed by atoms with Gasteiger partial charge in [0.15, 0.2) is 0 Å². The molecule has 35 heavy (non-hydrogen) atoms. The molecule has 2 aromatic carbocycles. The molecule has 3 aromatic rings. The lowest BCUT2D eigenvalue weighted by Gasteiger charge is -2.34. The number of primary amides is 1. The van der Waals surface area contributed by atoms with Gasteiger partial charge in [0.2, 0.25) is 5.91 Å². The van der Waals surface area contributed by atoms with Gasteiger partial charge in [-0.15, -0.1) is 0 Å². The molecule has 2 fully saturated rings. The molecule has 0 bridgehead atoms. The molecule has 1 aliphatic heterocycles. The lowest BCUT2D eigenvalue weighted by Crippen LogP contribution is -2.45. The maximum absolute atomic E-state index is 13.0. The first-order chi connectivity index (χ1) is 17.1. The second-order valence-electron chi connectivity index (χ2n) is 9.56.